The Bertz CT molecular complexity index is 1190. The minimum absolute atomic E-state index is 0.239. The normalized spacial score (nSPS) is 11.1. The van der Waals surface area contributed by atoms with E-state index < -0.39 is 0 Å². The standard InChI is InChI=1S/C24H23FN4OS/c1-14(2)17-6-4-16(5-7-17)13-26-23(30)21-12-20(28-29-21)22-15(3)27-24(31-22)18-8-10-19(25)11-9-18/h4-12,14H,13H2,1-3H3,(H,26,30)(H,28,29). The molecular formula is C24H23FN4OS. The quantitative estimate of drug-likeness (QED) is 0.409. The Morgan fingerprint density at radius 2 is 1.84 bits per heavy atom. The van der Waals surface area contributed by atoms with Gasteiger partial charge in [0.25, 0.3) is 5.91 Å². The number of aromatic nitrogens is 3. The molecule has 0 radical (unpaired) electrons. The molecule has 2 heterocycles. The molecule has 2 aromatic heterocycles. The zero-order chi connectivity index (χ0) is 22.0. The van der Waals surface area contributed by atoms with Gasteiger partial charge in [-0.1, -0.05) is 38.1 Å². The van der Waals surface area contributed by atoms with E-state index >= 15 is 0 Å². The smallest absolute Gasteiger partial charge is 0.272 e. The maximum absolute atomic E-state index is 13.2. The number of hydrogen-bond acceptors (Lipinski definition) is 4. The first-order chi connectivity index (χ1) is 14.9. The highest BCUT2D eigenvalue weighted by Gasteiger charge is 2.16. The first kappa shape index (κ1) is 20.9. The van der Waals surface area contributed by atoms with Crippen LogP contribution in [0.3, 0.4) is 0 Å². The van der Waals surface area contributed by atoms with Crippen LogP contribution in [0, 0.1) is 12.7 Å². The molecule has 2 aromatic carbocycles. The van der Waals surface area contributed by atoms with Crippen molar-refractivity contribution in [2.45, 2.75) is 33.2 Å². The third-order valence-electron chi connectivity index (χ3n) is 5.04. The summed E-state index contributed by atoms with van der Waals surface area (Å²) in [6.07, 6.45) is 0. The molecule has 0 saturated carbocycles. The molecule has 0 saturated heterocycles. The van der Waals surface area contributed by atoms with E-state index in [1.807, 2.05) is 19.1 Å². The summed E-state index contributed by atoms with van der Waals surface area (Å²) in [5, 5.41) is 10.8. The van der Waals surface area contributed by atoms with Gasteiger partial charge in [-0.05, 0) is 54.3 Å². The number of hydrogen-bond donors (Lipinski definition) is 2. The molecule has 1 amide bonds. The Balaban J connectivity index is 1.45. The fraction of sp³-hybridized carbons (Fsp3) is 0.208. The van der Waals surface area contributed by atoms with Gasteiger partial charge in [-0.25, -0.2) is 9.37 Å². The van der Waals surface area contributed by atoms with Crippen LogP contribution in [0.25, 0.3) is 21.1 Å². The van der Waals surface area contributed by atoms with Crippen LogP contribution in [0.1, 0.15) is 47.1 Å². The van der Waals surface area contributed by atoms with Crippen molar-refractivity contribution in [1.82, 2.24) is 20.5 Å². The van der Waals surface area contributed by atoms with E-state index in [1.54, 1.807) is 18.2 Å². The largest absolute Gasteiger partial charge is 0.347 e. The zero-order valence-corrected chi connectivity index (χ0v) is 18.4. The highest BCUT2D eigenvalue weighted by Crippen LogP contribution is 2.34. The number of benzene rings is 2. The monoisotopic (exact) mass is 434 g/mol. The molecule has 0 spiro atoms. The number of carbonyl (C=O) groups is 1. The SMILES string of the molecule is Cc1nc(-c2ccc(F)cc2)sc1-c1cc(C(=O)NCc2ccc(C(C)C)cc2)n[nH]1. The number of nitrogens with one attached hydrogen (secondary N) is 2. The summed E-state index contributed by atoms with van der Waals surface area (Å²) >= 11 is 1.47. The molecule has 2 N–H and O–H groups in total. The summed E-state index contributed by atoms with van der Waals surface area (Å²) < 4.78 is 13.2. The highest BCUT2D eigenvalue weighted by atomic mass is 32.1. The van der Waals surface area contributed by atoms with Crippen LogP contribution >= 0.6 is 11.3 Å². The first-order valence-electron chi connectivity index (χ1n) is 10.1. The highest BCUT2D eigenvalue weighted by molar-refractivity contribution is 7.18. The van der Waals surface area contributed by atoms with Crippen molar-refractivity contribution in [2.75, 3.05) is 0 Å². The number of rotatable bonds is 6. The number of carbonyl (C=O) groups excluding carboxylic acids is 1. The van der Waals surface area contributed by atoms with Crippen molar-refractivity contribution in [3.05, 3.63) is 82.9 Å². The number of nitrogens with zero attached hydrogens (tertiary/aromatic N) is 2. The van der Waals surface area contributed by atoms with E-state index in [0.717, 1.165) is 32.4 Å². The fourth-order valence-electron chi connectivity index (χ4n) is 3.21. The predicted molar refractivity (Wildman–Crippen MR) is 122 cm³/mol. The van der Waals surface area contributed by atoms with Gasteiger partial charge in [-0.3, -0.25) is 9.89 Å². The van der Waals surface area contributed by atoms with Crippen molar-refractivity contribution < 1.29 is 9.18 Å². The van der Waals surface area contributed by atoms with Crippen molar-refractivity contribution in [3.8, 4) is 21.1 Å². The number of aryl methyl sites for hydroxylation is 1. The van der Waals surface area contributed by atoms with E-state index in [2.05, 4.69) is 46.5 Å². The molecule has 0 unspecified atom stereocenters. The van der Waals surface area contributed by atoms with Crippen LogP contribution in [-0.4, -0.2) is 21.1 Å². The first-order valence-corrected chi connectivity index (χ1v) is 10.9. The van der Waals surface area contributed by atoms with Crippen LogP contribution in [-0.2, 0) is 6.54 Å². The molecule has 7 heteroatoms. The topological polar surface area (TPSA) is 70.7 Å². The van der Waals surface area contributed by atoms with Crippen molar-refractivity contribution in [1.29, 1.82) is 0 Å². The van der Waals surface area contributed by atoms with Crippen LogP contribution in [0.5, 0.6) is 0 Å². The van der Waals surface area contributed by atoms with Gasteiger partial charge in [-0.15, -0.1) is 11.3 Å². The number of H-pyrrole nitrogens is 1. The van der Waals surface area contributed by atoms with Gasteiger partial charge < -0.3 is 5.32 Å². The third kappa shape index (κ3) is 4.72. The number of amides is 1. The number of thiazole rings is 1. The van der Waals surface area contributed by atoms with Gasteiger partial charge in [0.1, 0.15) is 10.8 Å². The molecule has 0 fully saturated rings. The van der Waals surface area contributed by atoms with E-state index in [-0.39, 0.29) is 11.7 Å². The Hall–Kier alpha value is -3.32. The Morgan fingerprint density at radius 3 is 2.52 bits per heavy atom. The molecule has 0 atom stereocenters. The number of aromatic amines is 1. The van der Waals surface area contributed by atoms with Crippen LogP contribution in [0.15, 0.2) is 54.6 Å². The lowest BCUT2D eigenvalue weighted by Gasteiger charge is -2.07. The van der Waals surface area contributed by atoms with Crippen LogP contribution in [0.4, 0.5) is 4.39 Å². The lowest BCUT2D eigenvalue weighted by atomic mass is 10.0. The summed E-state index contributed by atoms with van der Waals surface area (Å²) in [5.41, 5.74) is 5.04. The molecule has 5 nitrogen and oxygen atoms in total. The van der Waals surface area contributed by atoms with E-state index in [0.29, 0.717) is 18.2 Å². The average Bonchev–Trinajstić information content (AvgIpc) is 3.39. The maximum atomic E-state index is 13.2. The Morgan fingerprint density at radius 1 is 1.13 bits per heavy atom. The van der Waals surface area contributed by atoms with Gasteiger partial charge in [0.2, 0.25) is 0 Å². The molecule has 0 aliphatic carbocycles. The number of halogens is 1. The van der Waals surface area contributed by atoms with Gasteiger partial charge in [0.15, 0.2) is 5.69 Å². The van der Waals surface area contributed by atoms with Gasteiger partial charge in [-0.2, -0.15) is 5.10 Å². The minimum atomic E-state index is -0.280. The minimum Gasteiger partial charge on any atom is -0.347 e. The lowest BCUT2D eigenvalue weighted by Crippen LogP contribution is -2.23. The van der Waals surface area contributed by atoms with Crippen LogP contribution in [0.2, 0.25) is 0 Å². The summed E-state index contributed by atoms with van der Waals surface area (Å²) in [7, 11) is 0. The van der Waals surface area contributed by atoms with E-state index in [1.165, 1.54) is 29.0 Å². The molecule has 0 aliphatic heterocycles. The maximum Gasteiger partial charge on any atom is 0.272 e. The summed E-state index contributed by atoms with van der Waals surface area (Å²) in [6.45, 7) is 6.65. The molecule has 158 valence electrons. The Kier molecular flexibility index (Phi) is 5.95. The summed E-state index contributed by atoms with van der Waals surface area (Å²) in [6, 6.07) is 16.2. The second-order valence-corrected chi connectivity index (χ2v) is 8.69. The predicted octanol–water partition coefficient (Wildman–Crippen LogP) is 5.70. The summed E-state index contributed by atoms with van der Waals surface area (Å²) in [4.78, 5) is 18.0. The second-order valence-electron chi connectivity index (χ2n) is 7.69. The van der Waals surface area contributed by atoms with Crippen LogP contribution < -0.4 is 5.32 Å². The lowest BCUT2D eigenvalue weighted by molar-refractivity contribution is 0.0946. The van der Waals surface area contributed by atoms with Crippen molar-refractivity contribution in [2.24, 2.45) is 0 Å². The van der Waals surface area contributed by atoms with E-state index in [9.17, 15) is 9.18 Å². The van der Waals surface area contributed by atoms with Gasteiger partial charge in [0.05, 0.1) is 16.3 Å². The zero-order valence-electron chi connectivity index (χ0n) is 17.6. The molecule has 0 aliphatic rings. The Labute approximate surface area is 184 Å². The van der Waals surface area contributed by atoms with Crippen molar-refractivity contribution in [3.63, 3.8) is 0 Å². The van der Waals surface area contributed by atoms with Crippen molar-refractivity contribution >= 4 is 17.2 Å². The molecule has 4 aromatic rings. The van der Waals surface area contributed by atoms with Gasteiger partial charge in [0, 0.05) is 12.1 Å². The molecule has 31 heavy (non-hydrogen) atoms. The molecule has 0 bridgehead atoms. The third-order valence-corrected chi connectivity index (χ3v) is 6.28. The van der Waals surface area contributed by atoms with Gasteiger partial charge >= 0.3 is 0 Å². The molecular weight excluding hydrogens is 411 g/mol. The second kappa shape index (κ2) is 8.81. The fourth-order valence-corrected chi connectivity index (χ4v) is 4.25. The average molecular weight is 435 g/mol. The summed E-state index contributed by atoms with van der Waals surface area (Å²) in [5.74, 6) is -0.0430. The van der Waals surface area contributed by atoms with E-state index in [4.69, 9.17) is 0 Å². The molecule has 4 rings (SSSR count).